The Bertz CT molecular complexity index is 800. The summed E-state index contributed by atoms with van der Waals surface area (Å²) in [6, 6.07) is 16.1. The molecule has 1 aromatic heterocycles. The maximum Gasteiger partial charge on any atom is 0.287 e. The first kappa shape index (κ1) is 14.4. The molecule has 3 heteroatoms. The maximum absolute atomic E-state index is 12.1. The Morgan fingerprint density at radius 1 is 1.00 bits per heavy atom. The number of rotatable bonds is 4. The lowest BCUT2D eigenvalue weighted by atomic mass is 10.1. The van der Waals surface area contributed by atoms with E-state index in [0.29, 0.717) is 12.3 Å². The molecule has 22 heavy (non-hydrogen) atoms. The largest absolute Gasteiger partial charge is 0.451 e. The molecule has 1 heterocycles. The molecule has 3 aromatic rings. The zero-order valence-corrected chi connectivity index (χ0v) is 12.8. The van der Waals surface area contributed by atoms with Gasteiger partial charge >= 0.3 is 0 Å². The van der Waals surface area contributed by atoms with Gasteiger partial charge in [0.1, 0.15) is 5.58 Å². The van der Waals surface area contributed by atoms with Crippen molar-refractivity contribution in [3.8, 4) is 0 Å². The van der Waals surface area contributed by atoms with Gasteiger partial charge in [0.15, 0.2) is 5.76 Å². The van der Waals surface area contributed by atoms with Crippen LogP contribution in [0.3, 0.4) is 0 Å². The number of carbonyl (C=O) groups is 1. The SMILES string of the molecule is Cc1ccc(CCNC(=O)c2cc3ccc(C)cc3o2)cc1. The van der Waals surface area contributed by atoms with Crippen LogP contribution in [0.5, 0.6) is 0 Å². The van der Waals surface area contributed by atoms with Crippen LogP contribution < -0.4 is 5.32 Å². The second kappa shape index (κ2) is 6.06. The molecular formula is C19H19NO2. The molecule has 2 aromatic carbocycles. The molecule has 0 radical (unpaired) electrons. The minimum absolute atomic E-state index is 0.166. The number of nitrogens with one attached hydrogen (secondary N) is 1. The van der Waals surface area contributed by atoms with Crippen LogP contribution in [0.4, 0.5) is 0 Å². The van der Waals surface area contributed by atoms with E-state index in [4.69, 9.17) is 4.42 Å². The molecule has 0 saturated heterocycles. The number of hydrogen-bond donors (Lipinski definition) is 1. The molecule has 3 nitrogen and oxygen atoms in total. The molecule has 1 amide bonds. The van der Waals surface area contributed by atoms with Gasteiger partial charge in [-0.05, 0) is 43.5 Å². The maximum atomic E-state index is 12.1. The van der Waals surface area contributed by atoms with E-state index in [0.717, 1.165) is 23.0 Å². The van der Waals surface area contributed by atoms with Crippen molar-refractivity contribution in [1.29, 1.82) is 0 Å². The Kier molecular flexibility index (Phi) is 3.96. The van der Waals surface area contributed by atoms with Gasteiger partial charge in [0.05, 0.1) is 0 Å². The lowest BCUT2D eigenvalue weighted by molar-refractivity contribution is 0.0928. The summed E-state index contributed by atoms with van der Waals surface area (Å²) in [6.07, 6.45) is 0.811. The number of hydrogen-bond acceptors (Lipinski definition) is 2. The average molecular weight is 293 g/mol. The molecule has 112 valence electrons. The van der Waals surface area contributed by atoms with E-state index < -0.39 is 0 Å². The van der Waals surface area contributed by atoms with Gasteiger partial charge in [-0.3, -0.25) is 4.79 Å². The first-order valence-electron chi connectivity index (χ1n) is 7.46. The topological polar surface area (TPSA) is 42.2 Å². The van der Waals surface area contributed by atoms with E-state index in [9.17, 15) is 4.79 Å². The van der Waals surface area contributed by atoms with Gasteiger partial charge < -0.3 is 9.73 Å². The molecule has 1 N–H and O–H groups in total. The Hall–Kier alpha value is -2.55. The number of amides is 1. The fraction of sp³-hybridized carbons (Fsp3) is 0.211. The molecule has 0 aliphatic carbocycles. The van der Waals surface area contributed by atoms with Crippen molar-refractivity contribution in [3.63, 3.8) is 0 Å². The van der Waals surface area contributed by atoms with Crippen LogP contribution in [0.25, 0.3) is 11.0 Å². The van der Waals surface area contributed by atoms with Crippen LogP contribution in [0.2, 0.25) is 0 Å². The molecule has 0 unspecified atom stereocenters. The van der Waals surface area contributed by atoms with Gasteiger partial charge in [-0.1, -0.05) is 42.0 Å². The zero-order chi connectivity index (χ0) is 15.5. The summed E-state index contributed by atoms with van der Waals surface area (Å²) in [5.74, 6) is 0.200. The predicted molar refractivity (Wildman–Crippen MR) is 88.2 cm³/mol. The lowest BCUT2D eigenvalue weighted by Crippen LogP contribution is -2.25. The van der Waals surface area contributed by atoms with E-state index in [1.807, 2.05) is 25.1 Å². The van der Waals surface area contributed by atoms with E-state index in [1.54, 1.807) is 6.07 Å². The highest BCUT2D eigenvalue weighted by molar-refractivity contribution is 5.96. The smallest absolute Gasteiger partial charge is 0.287 e. The first-order valence-corrected chi connectivity index (χ1v) is 7.46. The highest BCUT2D eigenvalue weighted by Crippen LogP contribution is 2.20. The minimum atomic E-state index is -0.166. The van der Waals surface area contributed by atoms with E-state index in [1.165, 1.54) is 11.1 Å². The van der Waals surface area contributed by atoms with Crippen LogP contribution in [0, 0.1) is 13.8 Å². The summed E-state index contributed by atoms with van der Waals surface area (Å²) in [6.45, 7) is 4.66. The Labute approximate surface area is 130 Å². The predicted octanol–water partition coefficient (Wildman–Crippen LogP) is 4.02. The number of furan rings is 1. The van der Waals surface area contributed by atoms with Crippen molar-refractivity contribution >= 4 is 16.9 Å². The summed E-state index contributed by atoms with van der Waals surface area (Å²) in [7, 11) is 0. The highest BCUT2D eigenvalue weighted by atomic mass is 16.3. The molecule has 0 atom stereocenters. The Balaban J connectivity index is 1.62. The van der Waals surface area contributed by atoms with Crippen LogP contribution in [0.15, 0.2) is 52.9 Å². The number of aryl methyl sites for hydroxylation is 2. The van der Waals surface area contributed by atoms with Gasteiger partial charge in [-0.2, -0.15) is 0 Å². The minimum Gasteiger partial charge on any atom is -0.451 e. The zero-order valence-electron chi connectivity index (χ0n) is 12.8. The van der Waals surface area contributed by atoms with Crippen molar-refractivity contribution in [2.75, 3.05) is 6.54 Å². The van der Waals surface area contributed by atoms with Crippen LogP contribution in [-0.4, -0.2) is 12.5 Å². The number of fused-ring (bicyclic) bond motifs is 1. The quantitative estimate of drug-likeness (QED) is 0.789. The van der Waals surface area contributed by atoms with E-state index in [-0.39, 0.29) is 5.91 Å². The third-order valence-electron chi connectivity index (χ3n) is 3.72. The third-order valence-corrected chi connectivity index (χ3v) is 3.72. The average Bonchev–Trinajstić information content (AvgIpc) is 2.92. The van der Waals surface area contributed by atoms with Gasteiger partial charge in [0.2, 0.25) is 0 Å². The fourth-order valence-corrected chi connectivity index (χ4v) is 2.41. The number of carbonyl (C=O) groups excluding carboxylic acids is 1. The summed E-state index contributed by atoms with van der Waals surface area (Å²) in [5.41, 5.74) is 4.33. The Morgan fingerprint density at radius 3 is 2.50 bits per heavy atom. The molecule has 0 aliphatic heterocycles. The summed E-state index contributed by atoms with van der Waals surface area (Å²) < 4.78 is 5.62. The molecular weight excluding hydrogens is 274 g/mol. The second-order valence-electron chi connectivity index (χ2n) is 5.64. The molecule has 3 rings (SSSR count). The van der Waals surface area contributed by atoms with Gasteiger partial charge in [-0.25, -0.2) is 0 Å². The van der Waals surface area contributed by atoms with Crippen molar-refractivity contribution in [3.05, 3.63) is 71.0 Å². The van der Waals surface area contributed by atoms with Crippen molar-refractivity contribution in [2.24, 2.45) is 0 Å². The van der Waals surface area contributed by atoms with Crippen molar-refractivity contribution in [2.45, 2.75) is 20.3 Å². The van der Waals surface area contributed by atoms with Crippen LogP contribution in [0.1, 0.15) is 27.2 Å². The summed E-state index contributed by atoms with van der Waals surface area (Å²) in [4.78, 5) is 12.1. The third kappa shape index (κ3) is 3.19. The summed E-state index contributed by atoms with van der Waals surface area (Å²) >= 11 is 0. The highest BCUT2D eigenvalue weighted by Gasteiger charge is 2.11. The van der Waals surface area contributed by atoms with Crippen LogP contribution in [-0.2, 0) is 6.42 Å². The van der Waals surface area contributed by atoms with E-state index >= 15 is 0 Å². The summed E-state index contributed by atoms with van der Waals surface area (Å²) in [5, 5.41) is 3.86. The molecule has 0 aliphatic rings. The Morgan fingerprint density at radius 2 is 1.73 bits per heavy atom. The molecule has 0 saturated carbocycles. The lowest BCUT2D eigenvalue weighted by Gasteiger charge is -2.04. The fourth-order valence-electron chi connectivity index (χ4n) is 2.41. The van der Waals surface area contributed by atoms with Crippen LogP contribution >= 0.6 is 0 Å². The van der Waals surface area contributed by atoms with Crippen molar-refractivity contribution < 1.29 is 9.21 Å². The molecule has 0 bridgehead atoms. The molecule has 0 fully saturated rings. The first-order chi connectivity index (χ1) is 10.6. The standard InChI is InChI=1S/C19H19NO2/c1-13-3-6-15(7-4-13)9-10-20-19(21)18-12-16-8-5-14(2)11-17(16)22-18/h3-8,11-12H,9-10H2,1-2H3,(H,20,21). The molecule has 0 spiro atoms. The second-order valence-corrected chi connectivity index (χ2v) is 5.64. The monoisotopic (exact) mass is 293 g/mol. The van der Waals surface area contributed by atoms with Gasteiger partial charge in [0, 0.05) is 11.9 Å². The number of benzene rings is 2. The normalized spacial score (nSPS) is 10.8. The van der Waals surface area contributed by atoms with Gasteiger partial charge in [-0.15, -0.1) is 0 Å². The van der Waals surface area contributed by atoms with Gasteiger partial charge in [0.25, 0.3) is 5.91 Å². The van der Waals surface area contributed by atoms with E-state index in [2.05, 4.69) is 36.5 Å². The van der Waals surface area contributed by atoms with Crippen molar-refractivity contribution in [1.82, 2.24) is 5.32 Å².